The Labute approximate surface area is 175 Å². The van der Waals surface area contributed by atoms with E-state index in [0.717, 1.165) is 55.5 Å². The molecule has 0 N–H and O–H groups in total. The minimum absolute atomic E-state index is 0.235. The Balaban J connectivity index is 1.60. The Bertz CT molecular complexity index is 1210. The highest BCUT2D eigenvalue weighted by Gasteiger charge is 2.27. The largest absolute Gasteiger partial charge is 0.371 e. The van der Waals surface area contributed by atoms with Gasteiger partial charge in [0.1, 0.15) is 10.7 Å². The van der Waals surface area contributed by atoms with E-state index in [1.54, 1.807) is 6.07 Å². The van der Waals surface area contributed by atoms with E-state index < -0.39 is 14.8 Å². The van der Waals surface area contributed by atoms with Gasteiger partial charge in [-0.1, -0.05) is 19.1 Å². The van der Waals surface area contributed by atoms with Gasteiger partial charge in [-0.3, -0.25) is 10.1 Å². The molecule has 0 radical (unpaired) electrons. The lowest BCUT2D eigenvalue weighted by Crippen LogP contribution is -2.35. The molecule has 1 fully saturated rings. The first-order chi connectivity index (χ1) is 14.3. The Hall–Kier alpha value is -2.94. The van der Waals surface area contributed by atoms with Crippen molar-refractivity contribution in [2.45, 2.75) is 37.1 Å². The van der Waals surface area contributed by atoms with Crippen LogP contribution in [0.15, 0.2) is 47.4 Å². The molecule has 0 bridgehead atoms. The monoisotopic (exact) mass is 428 g/mol. The van der Waals surface area contributed by atoms with E-state index in [1.165, 1.54) is 12.1 Å². The van der Waals surface area contributed by atoms with Gasteiger partial charge in [-0.25, -0.2) is 13.4 Å². The number of nitro benzene ring substituents is 1. The third kappa shape index (κ3) is 3.65. The zero-order chi connectivity index (χ0) is 21.5. The second-order valence-corrected chi connectivity index (χ2v) is 9.62. The summed E-state index contributed by atoms with van der Waals surface area (Å²) in [6.07, 6.45) is 3.63. The number of rotatable bonds is 5. The number of aryl methyl sites for hydroxylation is 1. The maximum atomic E-state index is 12.1. The van der Waals surface area contributed by atoms with Crippen LogP contribution >= 0.6 is 0 Å². The van der Waals surface area contributed by atoms with Crippen molar-refractivity contribution in [2.24, 2.45) is 0 Å². The maximum absolute atomic E-state index is 12.1. The van der Waals surface area contributed by atoms with Crippen molar-refractivity contribution in [1.29, 1.82) is 0 Å². The fourth-order valence-electron chi connectivity index (χ4n) is 4.28. The number of anilines is 1. The number of benzene rings is 2. The van der Waals surface area contributed by atoms with Gasteiger partial charge in [-0.05, 0) is 37.1 Å². The van der Waals surface area contributed by atoms with Crippen molar-refractivity contribution in [3.63, 3.8) is 0 Å². The van der Waals surface area contributed by atoms with Crippen molar-refractivity contribution in [3.8, 4) is 0 Å². The molecule has 1 aromatic heterocycles. The first-order valence-corrected chi connectivity index (χ1v) is 11.9. The average molecular weight is 429 g/mol. The summed E-state index contributed by atoms with van der Waals surface area (Å²) in [7, 11) is -3.70. The number of nitrogens with zero attached hydrogens (tertiary/aromatic N) is 4. The highest BCUT2D eigenvalue weighted by Crippen LogP contribution is 2.34. The molecule has 30 heavy (non-hydrogen) atoms. The normalized spacial score (nSPS) is 15.6. The maximum Gasteiger partial charge on any atom is 0.288 e. The molecule has 9 heteroatoms. The highest BCUT2D eigenvalue weighted by molar-refractivity contribution is 7.90. The van der Waals surface area contributed by atoms with E-state index in [1.807, 2.05) is 18.2 Å². The summed E-state index contributed by atoms with van der Waals surface area (Å²) in [5, 5.41) is 11.2. The summed E-state index contributed by atoms with van der Waals surface area (Å²) in [6.45, 7) is 3.58. The van der Waals surface area contributed by atoms with Crippen LogP contribution in [-0.4, -0.2) is 42.2 Å². The minimum Gasteiger partial charge on any atom is -0.371 e. The molecule has 0 spiro atoms. The molecule has 4 rings (SSSR count). The van der Waals surface area contributed by atoms with Gasteiger partial charge in [0.15, 0.2) is 9.84 Å². The Kier molecular flexibility index (Phi) is 5.23. The fraction of sp³-hybridized carbons (Fsp3) is 0.381. The number of piperidine rings is 1. The van der Waals surface area contributed by atoms with Crippen LogP contribution in [0.2, 0.25) is 0 Å². The number of nitro groups is 1. The zero-order valence-electron chi connectivity index (χ0n) is 17.0. The van der Waals surface area contributed by atoms with Crippen LogP contribution < -0.4 is 4.90 Å². The van der Waals surface area contributed by atoms with Crippen LogP contribution in [0.1, 0.15) is 31.6 Å². The Morgan fingerprint density at radius 3 is 2.50 bits per heavy atom. The van der Waals surface area contributed by atoms with Gasteiger partial charge in [-0.15, -0.1) is 0 Å². The molecule has 8 nitrogen and oxygen atoms in total. The molecule has 0 unspecified atom stereocenters. The predicted octanol–water partition coefficient (Wildman–Crippen LogP) is 3.75. The Morgan fingerprint density at radius 1 is 1.17 bits per heavy atom. The van der Waals surface area contributed by atoms with Crippen molar-refractivity contribution in [1.82, 2.24) is 9.55 Å². The molecule has 0 saturated carbocycles. The summed E-state index contributed by atoms with van der Waals surface area (Å²) < 4.78 is 26.5. The van der Waals surface area contributed by atoms with Gasteiger partial charge in [0.2, 0.25) is 0 Å². The standard InChI is InChI=1S/C21H24N4O4S/c1-3-21-22-17-6-4-5-7-18(17)24(21)15-10-12-23(13-11-15)16-8-9-19(25(26)27)20(14-16)30(2,28)29/h4-9,14-15H,3,10-13H2,1-2H3. The Morgan fingerprint density at radius 2 is 1.87 bits per heavy atom. The number of hydrogen-bond donors (Lipinski definition) is 0. The second kappa shape index (κ2) is 7.71. The molecule has 0 aliphatic carbocycles. The topological polar surface area (TPSA) is 98.3 Å². The second-order valence-electron chi connectivity index (χ2n) is 7.64. The molecular formula is C21H24N4O4S. The molecule has 1 aliphatic rings. The number of aromatic nitrogens is 2. The molecule has 0 amide bonds. The molecular weight excluding hydrogens is 404 g/mol. The molecule has 1 saturated heterocycles. The number of fused-ring (bicyclic) bond motifs is 1. The first-order valence-electron chi connectivity index (χ1n) is 9.99. The number of sulfone groups is 1. The third-order valence-corrected chi connectivity index (χ3v) is 6.85. The minimum atomic E-state index is -3.70. The number of imidazole rings is 1. The van der Waals surface area contributed by atoms with E-state index >= 15 is 0 Å². The lowest BCUT2D eigenvalue weighted by molar-refractivity contribution is -0.387. The summed E-state index contributed by atoms with van der Waals surface area (Å²) in [5.74, 6) is 1.07. The van der Waals surface area contributed by atoms with Crippen molar-refractivity contribution in [3.05, 3.63) is 58.4 Å². The van der Waals surface area contributed by atoms with Crippen LogP contribution in [-0.2, 0) is 16.3 Å². The van der Waals surface area contributed by atoms with Crippen molar-refractivity contribution < 1.29 is 13.3 Å². The summed E-state index contributed by atoms with van der Waals surface area (Å²) in [5.41, 5.74) is 2.46. The lowest BCUT2D eigenvalue weighted by atomic mass is 10.0. The molecule has 158 valence electrons. The van der Waals surface area contributed by atoms with E-state index in [-0.39, 0.29) is 10.6 Å². The SMILES string of the molecule is CCc1nc2ccccc2n1C1CCN(c2ccc([N+](=O)[O-])c(S(C)(=O)=O)c2)CC1. The van der Waals surface area contributed by atoms with Gasteiger partial charge in [0.05, 0.1) is 16.0 Å². The third-order valence-electron chi connectivity index (χ3n) is 5.72. The van der Waals surface area contributed by atoms with Crippen LogP contribution in [0, 0.1) is 10.1 Å². The summed E-state index contributed by atoms with van der Waals surface area (Å²) in [6, 6.07) is 12.8. The van der Waals surface area contributed by atoms with Gasteiger partial charge in [-0.2, -0.15) is 0 Å². The van der Waals surface area contributed by atoms with Gasteiger partial charge in [0.25, 0.3) is 5.69 Å². The van der Waals surface area contributed by atoms with Crippen LogP contribution in [0.3, 0.4) is 0 Å². The van der Waals surface area contributed by atoms with E-state index in [4.69, 9.17) is 4.98 Å². The molecule has 0 atom stereocenters. The lowest BCUT2D eigenvalue weighted by Gasteiger charge is -2.35. The van der Waals surface area contributed by atoms with Gasteiger partial charge >= 0.3 is 0 Å². The molecule has 2 aromatic carbocycles. The van der Waals surface area contributed by atoms with E-state index in [0.29, 0.717) is 11.7 Å². The smallest absolute Gasteiger partial charge is 0.288 e. The summed E-state index contributed by atoms with van der Waals surface area (Å²) in [4.78, 5) is 17.2. The van der Waals surface area contributed by atoms with Crippen LogP contribution in [0.4, 0.5) is 11.4 Å². The van der Waals surface area contributed by atoms with Crippen molar-refractivity contribution in [2.75, 3.05) is 24.2 Å². The summed E-state index contributed by atoms with van der Waals surface area (Å²) >= 11 is 0. The molecule has 1 aliphatic heterocycles. The highest BCUT2D eigenvalue weighted by atomic mass is 32.2. The van der Waals surface area contributed by atoms with Gasteiger partial charge in [0, 0.05) is 43.6 Å². The quantitative estimate of drug-likeness (QED) is 0.453. The number of para-hydroxylation sites is 2. The number of hydrogen-bond acceptors (Lipinski definition) is 6. The zero-order valence-corrected chi connectivity index (χ0v) is 17.8. The van der Waals surface area contributed by atoms with Crippen LogP contribution in [0.5, 0.6) is 0 Å². The van der Waals surface area contributed by atoms with Gasteiger partial charge < -0.3 is 9.47 Å². The van der Waals surface area contributed by atoms with E-state index in [9.17, 15) is 18.5 Å². The average Bonchev–Trinajstić information content (AvgIpc) is 3.11. The van der Waals surface area contributed by atoms with Crippen molar-refractivity contribution >= 4 is 32.2 Å². The predicted molar refractivity (Wildman–Crippen MR) is 116 cm³/mol. The van der Waals surface area contributed by atoms with E-state index in [2.05, 4.69) is 22.5 Å². The molecule has 3 aromatic rings. The van der Waals surface area contributed by atoms with Crippen LogP contribution in [0.25, 0.3) is 11.0 Å². The fourth-order valence-corrected chi connectivity index (χ4v) is 5.14. The first kappa shape index (κ1) is 20.3. The molecule has 2 heterocycles.